The van der Waals surface area contributed by atoms with Gasteiger partial charge in [-0.1, -0.05) is 12.1 Å². The third kappa shape index (κ3) is 4.76. The van der Waals surface area contributed by atoms with Gasteiger partial charge in [-0.2, -0.15) is 5.26 Å². The lowest BCUT2D eigenvalue weighted by molar-refractivity contribution is -0.384. The first-order chi connectivity index (χ1) is 12.8. The van der Waals surface area contributed by atoms with Crippen LogP contribution >= 0.6 is 0 Å². The van der Waals surface area contributed by atoms with E-state index in [0.717, 1.165) is 0 Å². The third-order valence-electron chi connectivity index (χ3n) is 3.68. The molecule has 1 N–H and O–H groups in total. The van der Waals surface area contributed by atoms with Crippen LogP contribution in [0.4, 0.5) is 11.4 Å². The largest absolute Gasteiger partial charge is 0.465 e. The number of hydrogen-bond acceptors (Lipinski definition) is 6. The zero-order valence-electron chi connectivity index (χ0n) is 14.6. The normalized spacial score (nSPS) is 10.6. The van der Waals surface area contributed by atoms with E-state index >= 15 is 0 Å². The topological polar surface area (TPSA) is 122 Å². The Hall–Kier alpha value is -3.99. The minimum Gasteiger partial charge on any atom is -0.465 e. The van der Waals surface area contributed by atoms with Crippen LogP contribution in [0.1, 0.15) is 21.5 Å². The average Bonchev–Trinajstić information content (AvgIpc) is 2.67. The van der Waals surface area contributed by atoms with E-state index in [-0.39, 0.29) is 11.3 Å². The molecule has 0 fully saturated rings. The maximum atomic E-state index is 12.3. The van der Waals surface area contributed by atoms with Gasteiger partial charge in [-0.25, -0.2) is 4.79 Å². The second-order valence-electron chi connectivity index (χ2n) is 5.49. The van der Waals surface area contributed by atoms with E-state index in [2.05, 4.69) is 10.1 Å². The first-order valence-electron chi connectivity index (χ1n) is 7.72. The van der Waals surface area contributed by atoms with E-state index in [1.807, 2.05) is 6.07 Å². The maximum absolute atomic E-state index is 12.3. The lowest BCUT2D eigenvalue weighted by Gasteiger charge is -2.07. The first kappa shape index (κ1) is 19.3. The molecule has 0 saturated carbocycles. The van der Waals surface area contributed by atoms with Crippen molar-refractivity contribution in [2.45, 2.75) is 6.92 Å². The highest BCUT2D eigenvalue weighted by Gasteiger charge is 2.13. The fourth-order valence-electron chi connectivity index (χ4n) is 2.24. The van der Waals surface area contributed by atoms with Crippen LogP contribution in [0.2, 0.25) is 0 Å². The summed E-state index contributed by atoms with van der Waals surface area (Å²) in [5.41, 5.74) is 1.52. The Morgan fingerprint density at radius 3 is 2.41 bits per heavy atom. The summed E-state index contributed by atoms with van der Waals surface area (Å²) in [4.78, 5) is 34.0. The number of non-ortho nitro benzene ring substituents is 1. The van der Waals surface area contributed by atoms with Crippen molar-refractivity contribution < 1.29 is 19.2 Å². The zero-order valence-corrected chi connectivity index (χ0v) is 14.6. The second kappa shape index (κ2) is 8.40. The van der Waals surface area contributed by atoms with Crippen LogP contribution < -0.4 is 5.32 Å². The van der Waals surface area contributed by atoms with Crippen molar-refractivity contribution in [1.82, 2.24) is 0 Å². The number of amides is 1. The van der Waals surface area contributed by atoms with E-state index in [1.165, 1.54) is 43.5 Å². The van der Waals surface area contributed by atoms with Crippen LogP contribution in [0, 0.1) is 28.4 Å². The number of carbonyl (C=O) groups is 2. The summed E-state index contributed by atoms with van der Waals surface area (Å²) in [6, 6.07) is 12.0. The summed E-state index contributed by atoms with van der Waals surface area (Å²) in [6.07, 6.45) is 1.37. The molecule has 8 nitrogen and oxygen atoms in total. The number of carbonyl (C=O) groups excluding carboxylic acids is 2. The molecule has 0 heterocycles. The molecular weight excluding hydrogens is 350 g/mol. The number of benzene rings is 2. The van der Waals surface area contributed by atoms with Crippen LogP contribution in [-0.2, 0) is 9.53 Å². The maximum Gasteiger partial charge on any atom is 0.337 e. The zero-order chi connectivity index (χ0) is 20.0. The predicted molar refractivity (Wildman–Crippen MR) is 97.8 cm³/mol. The predicted octanol–water partition coefficient (Wildman–Crippen LogP) is 3.24. The Bertz CT molecular complexity index is 972. The number of nitriles is 1. The van der Waals surface area contributed by atoms with Crippen molar-refractivity contribution in [2.75, 3.05) is 12.4 Å². The lowest BCUT2D eigenvalue weighted by atomic mass is 10.1. The van der Waals surface area contributed by atoms with Gasteiger partial charge in [0.25, 0.3) is 11.6 Å². The molecule has 1 amide bonds. The molecular formula is C19H15N3O5. The lowest BCUT2D eigenvalue weighted by Crippen LogP contribution is -2.14. The molecule has 136 valence electrons. The Labute approximate surface area is 154 Å². The quantitative estimate of drug-likeness (QED) is 0.285. The molecule has 0 saturated heterocycles. The van der Waals surface area contributed by atoms with E-state index in [0.29, 0.717) is 22.4 Å². The smallest absolute Gasteiger partial charge is 0.337 e. The molecule has 0 aliphatic heterocycles. The van der Waals surface area contributed by atoms with Gasteiger partial charge in [0.05, 0.1) is 17.6 Å². The Morgan fingerprint density at radius 1 is 1.22 bits per heavy atom. The van der Waals surface area contributed by atoms with Crippen molar-refractivity contribution >= 4 is 29.3 Å². The van der Waals surface area contributed by atoms with Crippen molar-refractivity contribution in [1.29, 1.82) is 5.26 Å². The monoisotopic (exact) mass is 365 g/mol. The van der Waals surface area contributed by atoms with Crippen molar-refractivity contribution in [3.63, 3.8) is 0 Å². The number of nitrogens with one attached hydrogen (secondary N) is 1. The van der Waals surface area contributed by atoms with Gasteiger partial charge in [-0.3, -0.25) is 14.9 Å². The van der Waals surface area contributed by atoms with E-state index in [9.17, 15) is 25.0 Å². The first-order valence-corrected chi connectivity index (χ1v) is 7.72. The molecule has 2 rings (SSSR count). The number of ether oxygens (including phenoxy) is 1. The molecule has 0 atom stereocenters. The molecule has 0 aliphatic rings. The number of nitro benzene ring substituents is 1. The third-order valence-corrected chi connectivity index (χ3v) is 3.68. The van der Waals surface area contributed by atoms with Gasteiger partial charge in [0.1, 0.15) is 11.6 Å². The molecule has 0 spiro atoms. The van der Waals surface area contributed by atoms with Gasteiger partial charge < -0.3 is 10.1 Å². The average molecular weight is 365 g/mol. The van der Waals surface area contributed by atoms with Gasteiger partial charge >= 0.3 is 5.97 Å². The summed E-state index contributed by atoms with van der Waals surface area (Å²) in [6.45, 7) is 1.61. The second-order valence-corrected chi connectivity index (χ2v) is 5.49. The minimum absolute atomic E-state index is 0.0905. The van der Waals surface area contributed by atoms with Crippen molar-refractivity contribution in [2.24, 2.45) is 0 Å². The van der Waals surface area contributed by atoms with Gasteiger partial charge in [-0.15, -0.1) is 0 Å². The molecule has 0 unspecified atom stereocenters. The SMILES string of the molecule is COC(=O)c1ccc(/C=C(\C#N)C(=O)Nc2ccc([N+](=O)[O-])cc2C)cc1. The number of nitro groups is 1. The molecule has 0 radical (unpaired) electrons. The van der Waals surface area contributed by atoms with Gasteiger partial charge in [0.2, 0.25) is 0 Å². The molecule has 0 aromatic heterocycles. The van der Waals surface area contributed by atoms with Crippen LogP contribution in [0.25, 0.3) is 6.08 Å². The van der Waals surface area contributed by atoms with E-state index in [4.69, 9.17) is 0 Å². The fraction of sp³-hybridized carbons (Fsp3) is 0.105. The number of aryl methyl sites for hydroxylation is 1. The molecule has 0 bridgehead atoms. The van der Waals surface area contributed by atoms with Gasteiger partial charge in [0, 0.05) is 17.8 Å². The summed E-state index contributed by atoms with van der Waals surface area (Å²) < 4.78 is 4.60. The Balaban J connectivity index is 2.21. The summed E-state index contributed by atoms with van der Waals surface area (Å²) in [5, 5.41) is 22.6. The number of nitrogens with zero attached hydrogens (tertiary/aromatic N) is 2. The number of esters is 1. The minimum atomic E-state index is -0.647. The van der Waals surface area contributed by atoms with Gasteiger partial charge in [-0.05, 0) is 42.3 Å². The van der Waals surface area contributed by atoms with Crippen molar-refractivity contribution in [3.8, 4) is 6.07 Å². The molecule has 2 aromatic carbocycles. The summed E-state index contributed by atoms with van der Waals surface area (Å²) >= 11 is 0. The number of rotatable bonds is 5. The fourth-order valence-corrected chi connectivity index (χ4v) is 2.24. The number of hydrogen-bond donors (Lipinski definition) is 1. The summed E-state index contributed by atoms with van der Waals surface area (Å²) in [7, 11) is 1.27. The molecule has 0 aliphatic carbocycles. The molecule has 8 heteroatoms. The summed E-state index contributed by atoms with van der Waals surface area (Å²) in [5.74, 6) is -1.14. The van der Waals surface area contributed by atoms with Gasteiger partial charge in [0.15, 0.2) is 0 Å². The molecule has 27 heavy (non-hydrogen) atoms. The van der Waals surface area contributed by atoms with Crippen LogP contribution in [0.3, 0.4) is 0 Å². The Kier molecular flexibility index (Phi) is 6.02. The standard InChI is InChI=1S/C19H15N3O5/c1-12-9-16(22(25)26)7-8-17(12)21-18(23)15(11-20)10-13-3-5-14(6-4-13)19(24)27-2/h3-10H,1-2H3,(H,21,23)/b15-10+. The van der Waals surface area contributed by atoms with Crippen LogP contribution in [0.15, 0.2) is 48.0 Å². The Morgan fingerprint density at radius 2 is 1.89 bits per heavy atom. The van der Waals surface area contributed by atoms with Crippen molar-refractivity contribution in [3.05, 3.63) is 74.8 Å². The highest BCUT2D eigenvalue weighted by atomic mass is 16.6. The van der Waals surface area contributed by atoms with Crippen LogP contribution in [0.5, 0.6) is 0 Å². The van der Waals surface area contributed by atoms with E-state index in [1.54, 1.807) is 19.1 Å². The van der Waals surface area contributed by atoms with E-state index < -0.39 is 16.8 Å². The van der Waals surface area contributed by atoms with Crippen LogP contribution in [-0.4, -0.2) is 23.9 Å². The number of methoxy groups -OCH3 is 1. The molecule has 2 aromatic rings. The highest BCUT2D eigenvalue weighted by Crippen LogP contribution is 2.22. The number of anilines is 1. The highest BCUT2D eigenvalue weighted by molar-refractivity contribution is 6.10.